The Hall–Kier alpha value is -1.26. The van der Waals surface area contributed by atoms with E-state index in [0.717, 1.165) is 32.5 Å². The van der Waals surface area contributed by atoms with Crippen molar-refractivity contribution in [2.24, 2.45) is 0 Å². The number of anilines is 1. The summed E-state index contributed by atoms with van der Waals surface area (Å²) >= 11 is 5.92. The van der Waals surface area contributed by atoms with Crippen LogP contribution in [0.1, 0.15) is 30.1 Å². The molecule has 20 heavy (non-hydrogen) atoms. The second kappa shape index (κ2) is 6.46. The molecular formula is C15H22ClN3O. The largest absolute Gasteiger partial charge is 0.398 e. The molecule has 1 unspecified atom stereocenters. The molecular weight excluding hydrogens is 274 g/mol. The van der Waals surface area contributed by atoms with Crippen molar-refractivity contribution >= 4 is 23.2 Å². The molecule has 1 aromatic carbocycles. The third-order valence-electron chi connectivity index (χ3n) is 3.88. The summed E-state index contributed by atoms with van der Waals surface area (Å²) in [5, 5.41) is 0.490. The lowest BCUT2D eigenvalue weighted by Crippen LogP contribution is -2.43. The minimum atomic E-state index is 0.0514. The first-order chi connectivity index (χ1) is 9.52. The Morgan fingerprint density at radius 3 is 2.85 bits per heavy atom. The van der Waals surface area contributed by atoms with Gasteiger partial charge in [-0.1, -0.05) is 18.5 Å². The summed E-state index contributed by atoms with van der Waals surface area (Å²) in [5.41, 5.74) is 6.87. The number of amides is 1. The van der Waals surface area contributed by atoms with Gasteiger partial charge in [-0.15, -0.1) is 0 Å². The molecule has 1 amide bonds. The topological polar surface area (TPSA) is 49.6 Å². The van der Waals surface area contributed by atoms with Crippen LogP contribution in [-0.4, -0.2) is 48.4 Å². The van der Waals surface area contributed by atoms with Gasteiger partial charge in [0.15, 0.2) is 0 Å². The molecule has 0 spiro atoms. The van der Waals surface area contributed by atoms with Crippen LogP contribution in [0, 0.1) is 0 Å². The van der Waals surface area contributed by atoms with Gasteiger partial charge in [-0.2, -0.15) is 0 Å². The number of carbonyl (C=O) groups is 1. The Bertz CT molecular complexity index is 492. The summed E-state index contributed by atoms with van der Waals surface area (Å²) in [4.78, 5) is 17.0. The fraction of sp³-hybridized carbons (Fsp3) is 0.533. The van der Waals surface area contributed by atoms with Gasteiger partial charge in [0.2, 0.25) is 0 Å². The van der Waals surface area contributed by atoms with E-state index in [1.165, 1.54) is 0 Å². The number of halogens is 1. The van der Waals surface area contributed by atoms with Gasteiger partial charge in [0.25, 0.3) is 5.91 Å². The molecule has 1 fully saturated rings. The van der Waals surface area contributed by atoms with E-state index in [1.54, 1.807) is 18.2 Å². The van der Waals surface area contributed by atoms with Crippen LogP contribution in [0.2, 0.25) is 5.02 Å². The van der Waals surface area contributed by atoms with Crippen molar-refractivity contribution in [3.05, 3.63) is 28.8 Å². The van der Waals surface area contributed by atoms with Crippen LogP contribution >= 0.6 is 11.6 Å². The van der Waals surface area contributed by atoms with Crippen LogP contribution in [0.25, 0.3) is 0 Å². The zero-order valence-electron chi connectivity index (χ0n) is 12.1. The molecule has 2 N–H and O–H groups in total. The zero-order chi connectivity index (χ0) is 14.7. The summed E-state index contributed by atoms with van der Waals surface area (Å²) in [7, 11) is 2.11. The normalized spacial score (nSPS) is 20.8. The quantitative estimate of drug-likeness (QED) is 0.853. The number of carbonyl (C=O) groups excluding carboxylic acids is 1. The first-order valence-electron chi connectivity index (χ1n) is 7.07. The van der Waals surface area contributed by atoms with Crippen LogP contribution in [0.3, 0.4) is 0 Å². The Morgan fingerprint density at radius 2 is 2.20 bits per heavy atom. The highest BCUT2D eigenvalue weighted by molar-refractivity contribution is 6.33. The minimum Gasteiger partial charge on any atom is -0.398 e. The second-order valence-corrected chi connectivity index (χ2v) is 5.82. The molecule has 1 saturated heterocycles. The SMILES string of the molecule is CCC1CN(C)CCCN1C(=O)c1ccc(Cl)c(N)c1. The molecule has 1 heterocycles. The van der Waals surface area contributed by atoms with E-state index in [4.69, 9.17) is 17.3 Å². The lowest BCUT2D eigenvalue weighted by molar-refractivity contribution is 0.0676. The summed E-state index contributed by atoms with van der Waals surface area (Å²) in [6.45, 7) is 4.87. The number of nitrogens with zero attached hydrogens (tertiary/aromatic N) is 2. The molecule has 0 radical (unpaired) electrons. The van der Waals surface area contributed by atoms with Gasteiger partial charge in [0, 0.05) is 24.7 Å². The van der Waals surface area contributed by atoms with E-state index in [1.807, 2.05) is 4.90 Å². The lowest BCUT2D eigenvalue weighted by atomic mass is 10.1. The Labute approximate surface area is 125 Å². The maximum Gasteiger partial charge on any atom is 0.254 e. The molecule has 2 rings (SSSR count). The van der Waals surface area contributed by atoms with Crippen LogP contribution in [0.5, 0.6) is 0 Å². The second-order valence-electron chi connectivity index (χ2n) is 5.41. The Kier molecular flexibility index (Phi) is 4.89. The van der Waals surface area contributed by atoms with Crippen molar-refractivity contribution in [2.45, 2.75) is 25.8 Å². The average molecular weight is 296 g/mol. The number of rotatable bonds is 2. The molecule has 0 saturated carbocycles. The molecule has 110 valence electrons. The van der Waals surface area contributed by atoms with Crippen LogP contribution < -0.4 is 5.73 Å². The monoisotopic (exact) mass is 295 g/mol. The highest BCUT2D eigenvalue weighted by Crippen LogP contribution is 2.22. The van der Waals surface area contributed by atoms with Crippen molar-refractivity contribution < 1.29 is 4.79 Å². The van der Waals surface area contributed by atoms with E-state index in [2.05, 4.69) is 18.9 Å². The molecule has 0 aromatic heterocycles. The van der Waals surface area contributed by atoms with Crippen molar-refractivity contribution in [1.29, 1.82) is 0 Å². The highest BCUT2D eigenvalue weighted by Gasteiger charge is 2.26. The number of hydrogen-bond donors (Lipinski definition) is 1. The third-order valence-corrected chi connectivity index (χ3v) is 4.22. The molecule has 0 aliphatic carbocycles. The smallest absolute Gasteiger partial charge is 0.254 e. The predicted molar refractivity (Wildman–Crippen MR) is 83.1 cm³/mol. The van der Waals surface area contributed by atoms with Crippen molar-refractivity contribution in [3.8, 4) is 0 Å². The minimum absolute atomic E-state index is 0.0514. The van der Waals surface area contributed by atoms with Gasteiger partial charge in [-0.05, 0) is 44.6 Å². The van der Waals surface area contributed by atoms with E-state index in [0.29, 0.717) is 16.3 Å². The molecule has 4 nitrogen and oxygen atoms in total. The zero-order valence-corrected chi connectivity index (χ0v) is 12.9. The molecule has 1 aromatic rings. The number of hydrogen-bond acceptors (Lipinski definition) is 3. The van der Waals surface area contributed by atoms with Gasteiger partial charge < -0.3 is 15.5 Å². The Balaban J connectivity index is 2.23. The van der Waals surface area contributed by atoms with Crippen molar-refractivity contribution in [1.82, 2.24) is 9.80 Å². The predicted octanol–water partition coefficient (Wildman–Crippen LogP) is 2.48. The maximum atomic E-state index is 12.7. The molecule has 1 aliphatic heterocycles. The van der Waals surface area contributed by atoms with Crippen LogP contribution in [-0.2, 0) is 0 Å². The summed E-state index contributed by atoms with van der Waals surface area (Å²) in [6.07, 6.45) is 1.96. The van der Waals surface area contributed by atoms with E-state index in [9.17, 15) is 4.79 Å². The number of nitrogen functional groups attached to an aromatic ring is 1. The lowest BCUT2D eigenvalue weighted by Gasteiger charge is -2.30. The van der Waals surface area contributed by atoms with Gasteiger partial charge in [0.05, 0.1) is 10.7 Å². The first kappa shape index (κ1) is 15.1. The summed E-state index contributed by atoms with van der Waals surface area (Å²) in [6, 6.07) is 5.37. The third kappa shape index (κ3) is 3.25. The van der Waals surface area contributed by atoms with E-state index in [-0.39, 0.29) is 11.9 Å². The number of likely N-dealkylation sites (N-methyl/N-ethyl adjacent to an activating group) is 1. The average Bonchev–Trinajstić information content (AvgIpc) is 2.62. The van der Waals surface area contributed by atoms with Crippen LogP contribution in [0.4, 0.5) is 5.69 Å². The standard InChI is InChI=1S/C15H22ClN3O/c1-3-12-10-18(2)7-4-8-19(12)15(20)11-5-6-13(16)14(17)9-11/h5-6,9,12H,3-4,7-8,10,17H2,1-2H3. The van der Waals surface area contributed by atoms with Crippen LogP contribution in [0.15, 0.2) is 18.2 Å². The fourth-order valence-electron chi connectivity index (χ4n) is 2.70. The van der Waals surface area contributed by atoms with Gasteiger partial charge in [0.1, 0.15) is 0 Å². The number of nitrogens with two attached hydrogens (primary N) is 1. The van der Waals surface area contributed by atoms with Gasteiger partial charge >= 0.3 is 0 Å². The van der Waals surface area contributed by atoms with Gasteiger partial charge in [-0.25, -0.2) is 0 Å². The van der Waals surface area contributed by atoms with Gasteiger partial charge in [-0.3, -0.25) is 4.79 Å². The maximum absolute atomic E-state index is 12.7. The summed E-state index contributed by atoms with van der Waals surface area (Å²) in [5.74, 6) is 0.0514. The van der Waals surface area contributed by atoms with E-state index >= 15 is 0 Å². The van der Waals surface area contributed by atoms with Crippen molar-refractivity contribution in [2.75, 3.05) is 32.4 Å². The highest BCUT2D eigenvalue weighted by atomic mass is 35.5. The van der Waals surface area contributed by atoms with Crippen molar-refractivity contribution in [3.63, 3.8) is 0 Å². The molecule has 5 heteroatoms. The first-order valence-corrected chi connectivity index (χ1v) is 7.45. The summed E-state index contributed by atoms with van der Waals surface area (Å²) < 4.78 is 0. The number of benzene rings is 1. The molecule has 0 bridgehead atoms. The molecule has 1 atom stereocenters. The molecule has 1 aliphatic rings. The Morgan fingerprint density at radius 1 is 1.45 bits per heavy atom. The fourth-order valence-corrected chi connectivity index (χ4v) is 2.82. The van der Waals surface area contributed by atoms with E-state index < -0.39 is 0 Å².